The van der Waals surface area contributed by atoms with E-state index >= 15 is 0 Å². The third-order valence-electron chi connectivity index (χ3n) is 3.54. The topological polar surface area (TPSA) is 42.7 Å². The Hall–Kier alpha value is -2.19. The van der Waals surface area contributed by atoms with Crippen molar-refractivity contribution in [3.8, 4) is 10.6 Å². The predicted octanol–water partition coefficient (Wildman–Crippen LogP) is 3.85. The van der Waals surface area contributed by atoms with E-state index in [4.69, 9.17) is 0 Å². The Morgan fingerprint density at radius 1 is 1.17 bits per heavy atom. The van der Waals surface area contributed by atoms with Crippen LogP contribution in [0.3, 0.4) is 0 Å². The number of aromatic nitrogens is 3. The third-order valence-corrected chi connectivity index (χ3v) is 4.48. The van der Waals surface area contributed by atoms with Gasteiger partial charge in [-0.1, -0.05) is 30.3 Å². The van der Waals surface area contributed by atoms with Gasteiger partial charge in [-0.15, -0.1) is 11.3 Å². The Balaban J connectivity index is 1.64. The van der Waals surface area contributed by atoms with E-state index in [-0.39, 0.29) is 12.2 Å². The Morgan fingerprint density at radius 3 is 2.62 bits per heavy atom. The second-order valence-electron chi connectivity index (χ2n) is 5.24. The monoisotopic (exact) mass is 352 g/mol. The molecule has 1 aromatic carbocycles. The number of hydrogen-bond donors (Lipinski definition) is 1. The highest BCUT2D eigenvalue weighted by atomic mass is 32.1. The van der Waals surface area contributed by atoms with Gasteiger partial charge in [0.15, 0.2) is 0 Å². The van der Waals surface area contributed by atoms with E-state index in [9.17, 15) is 13.2 Å². The molecule has 8 heteroatoms. The van der Waals surface area contributed by atoms with Crippen LogP contribution in [0.15, 0.2) is 41.9 Å². The molecule has 126 valence electrons. The van der Waals surface area contributed by atoms with Crippen LogP contribution < -0.4 is 5.32 Å². The van der Waals surface area contributed by atoms with Crippen molar-refractivity contribution in [1.82, 2.24) is 20.1 Å². The van der Waals surface area contributed by atoms with Gasteiger partial charge in [-0.3, -0.25) is 4.68 Å². The molecular weight excluding hydrogens is 337 g/mol. The minimum atomic E-state index is -4.40. The number of alkyl halides is 3. The highest BCUT2D eigenvalue weighted by Crippen LogP contribution is 2.31. The van der Waals surface area contributed by atoms with E-state index in [1.807, 2.05) is 35.7 Å². The van der Waals surface area contributed by atoms with E-state index in [0.29, 0.717) is 6.54 Å². The van der Waals surface area contributed by atoms with Crippen LogP contribution in [0, 0.1) is 0 Å². The standard InChI is InChI=1S/C16H15F3N4S/c1-23-14(13(8-21-23)16(17,18)19)9-20-7-12-10-24-15(22-12)11-5-3-2-4-6-11/h2-6,8,10,20H,7,9H2,1H3. The molecule has 0 aliphatic heterocycles. The van der Waals surface area contributed by atoms with Crippen molar-refractivity contribution < 1.29 is 13.2 Å². The van der Waals surface area contributed by atoms with Gasteiger partial charge >= 0.3 is 6.18 Å². The fraction of sp³-hybridized carbons (Fsp3) is 0.250. The van der Waals surface area contributed by atoms with Gasteiger partial charge in [0.05, 0.1) is 23.1 Å². The molecule has 3 aromatic rings. The summed E-state index contributed by atoms with van der Waals surface area (Å²) in [5.41, 5.74) is 1.23. The van der Waals surface area contributed by atoms with Crippen LogP contribution in [0.5, 0.6) is 0 Å². The highest BCUT2D eigenvalue weighted by molar-refractivity contribution is 7.13. The van der Waals surface area contributed by atoms with Gasteiger partial charge in [0.25, 0.3) is 0 Å². The van der Waals surface area contributed by atoms with Gasteiger partial charge in [0.1, 0.15) is 5.01 Å². The van der Waals surface area contributed by atoms with Crippen LogP contribution >= 0.6 is 11.3 Å². The SMILES string of the molecule is Cn1ncc(C(F)(F)F)c1CNCc1csc(-c2ccccc2)n1. The van der Waals surface area contributed by atoms with Crippen molar-refractivity contribution in [2.24, 2.45) is 7.05 Å². The predicted molar refractivity (Wildman–Crippen MR) is 86.3 cm³/mol. The second-order valence-corrected chi connectivity index (χ2v) is 6.10. The highest BCUT2D eigenvalue weighted by Gasteiger charge is 2.35. The minimum absolute atomic E-state index is 0.0730. The lowest BCUT2D eigenvalue weighted by Gasteiger charge is -2.09. The Labute approximate surface area is 141 Å². The fourth-order valence-electron chi connectivity index (χ4n) is 2.32. The Morgan fingerprint density at radius 2 is 1.92 bits per heavy atom. The Bertz CT molecular complexity index is 808. The molecule has 0 atom stereocenters. The van der Waals surface area contributed by atoms with Crippen LogP contribution in [0.25, 0.3) is 10.6 Å². The van der Waals surface area contributed by atoms with Crippen molar-refractivity contribution in [2.75, 3.05) is 0 Å². The summed E-state index contributed by atoms with van der Waals surface area (Å²) in [7, 11) is 1.50. The summed E-state index contributed by atoms with van der Waals surface area (Å²) in [6.07, 6.45) is -3.54. The zero-order valence-corrected chi connectivity index (χ0v) is 13.7. The van der Waals surface area contributed by atoms with Gasteiger partial charge in [-0.05, 0) is 0 Å². The maximum Gasteiger partial charge on any atom is 0.419 e. The molecule has 0 aliphatic carbocycles. The summed E-state index contributed by atoms with van der Waals surface area (Å²) in [6, 6.07) is 9.76. The van der Waals surface area contributed by atoms with E-state index in [0.717, 1.165) is 22.5 Å². The number of thiazole rings is 1. The lowest BCUT2D eigenvalue weighted by Crippen LogP contribution is -2.19. The van der Waals surface area contributed by atoms with Gasteiger partial charge in [-0.2, -0.15) is 18.3 Å². The lowest BCUT2D eigenvalue weighted by molar-refractivity contribution is -0.138. The summed E-state index contributed by atoms with van der Waals surface area (Å²) < 4.78 is 40.0. The zero-order valence-electron chi connectivity index (χ0n) is 12.8. The molecule has 2 aromatic heterocycles. The molecule has 0 amide bonds. The van der Waals surface area contributed by atoms with Crippen molar-refractivity contribution in [2.45, 2.75) is 19.3 Å². The van der Waals surface area contributed by atoms with Crippen LogP contribution in [0.2, 0.25) is 0 Å². The molecule has 0 bridgehead atoms. The average molecular weight is 352 g/mol. The maximum atomic E-state index is 12.9. The fourth-order valence-corrected chi connectivity index (χ4v) is 3.15. The second kappa shape index (κ2) is 6.74. The number of halogens is 3. The molecule has 3 rings (SSSR count). The number of benzene rings is 1. The van der Waals surface area contributed by atoms with Crippen molar-refractivity contribution >= 4 is 11.3 Å². The number of aryl methyl sites for hydroxylation is 1. The summed E-state index contributed by atoms with van der Waals surface area (Å²) in [4.78, 5) is 4.50. The van der Waals surface area contributed by atoms with Gasteiger partial charge in [0, 0.05) is 31.1 Å². The van der Waals surface area contributed by atoms with E-state index in [1.54, 1.807) is 0 Å². The quantitative estimate of drug-likeness (QED) is 0.758. The number of rotatable bonds is 5. The lowest BCUT2D eigenvalue weighted by atomic mass is 10.2. The molecule has 0 aliphatic rings. The molecule has 4 nitrogen and oxygen atoms in total. The van der Waals surface area contributed by atoms with Gasteiger partial charge in [0.2, 0.25) is 0 Å². The summed E-state index contributed by atoms with van der Waals surface area (Å²) in [6.45, 7) is 0.468. The first-order valence-corrected chi connectivity index (χ1v) is 8.11. The molecule has 0 saturated carbocycles. The van der Waals surface area contributed by atoms with Crippen LogP contribution in [0.1, 0.15) is 17.0 Å². The molecule has 0 unspecified atom stereocenters. The molecule has 0 radical (unpaired) electrons. The van der Waals surface area contributed by atoms with Crippen molar-refractivity contribution in [3.05, 3.63) is 58.9 Å². The first kappa shape index (κ1) is 16.7. The van der Waals surface area contributed by atoms with Gasteiger partial charge in [-0.25, -0.2) is 4.98 Å². The molecule has 0 saturated heterocycles. The smallest absolute Gasteiger partial charge is 0.305 e. The molecule has 0 fully saturated rings. The minimum Gasteiger partial charge on any atom is -0.305 e. The van der Waals surface area contributed by atoms with Crippen molar-refractivity contribution in [1.29, 1.82) is 0 Å². The Kier molecular flexibility index (Phi) is 4.68. The average Bonchev–Trinajstić information content (AvgIpc) is 3.15. The first-order chi connectivity index (χ1) is 11.4. The molecule has 1 N–H and O–H groups in total. The van der Waals surface area contributed by atoms with Gasteiger partial charge < -0.3 is 5.32 Å². The van der Waals surface area contributed by atoms with Crippen LogP contribution in [0.4, 0.5) is 13.2 Å². The van der Waals surface area contributed by atoms with E-state index in [1.165, 1.54) is 23.1 Å². The summed E-state index contributed by atoms with van der Waals surface area (Å²) in [5, 5.41) is 9.50. The number of nitrogens with one attached hydrogen (secondary N) is 1. The summed E-state index contributed by atoms with van der Waals surface area (Å²) >= 11 is 1.51. The molecule has 24 heavy (non-hydrogen) atoms. The van der Waals surface area contributed by atoms with Crippen LogP contribution in [-0.2, 0) is 26.3 Å². The first-order valence-electron chi connectivity index (χ1n) is 7.24. The van der Waals surface area contributed by atoms with Crippen molar-refractivity contribution in [3.63, 3.8) is 0 Å². The molecular formula is C16H15F3N4S. The maximum absolute atomic E-state index is 12.9. The number of hydrogen-bond acceptors (Lipinski definition) is 4. The zero-order chi connectivity index (χ0) is 17.2. The third kappa shape index (κ3) is 3.65. The molecule has 2 heterocycles. The largest absolute Gasteiger partial charge is 0.419 e. The molecule has 0 spiro atoms. The summed E-state index contributed by atoms with van der Waals surface area (Å²) in [5.74, 6) is 0. The van der Waals surface area contributed by atoms with E-state index in [2.05, 4.69) is 15.4 Å². The normalized spacial score (nSPS) is 11.8. The van der Waals surface area contributed by atoms with E-state index < -0.39 is 11.7 Å². The van der Waals surface area contributed by atoms with Crippen LogP contribution in [-0.4, -0.2) is 14.8 Å². The number of nitrogens with zero attached hydrogens (tertiary/aromatic N) is 3.